The van der Waals surface area contributed by atoms with Gasteiger partial charge in [0, 0.05) is 6.42 Å². The van der Waals surface area contributed by atoms with Crippen molar-refractivity contribution < 1.29 is 29.7 Å². The fourth-order valence-corrected chi connectivity index (χ4v) is 3.38. The highest BCUT2D eigenvalue weighted by Crippen LogP contribution is 2.18. The quantitative estimate of drug-likeness (QED) is 0.193. The smallest absolute Gasteiger partial charge is 0.344 e. The van der Waals surface area contributed by atoms with Crippen LogP contribution in [0.15, 0.2) is 0 Å². The highest BCUT2D eigenvalue weighted by Gasteiger charge is 2.45. The number of ketones is 1. The summed E-state index contributed by atoms with van der Waals surface area (Å²) < 4.78 is 0. The zero-order valence-corrected chi connectivity index (χ0v) is 17.6. The molecule has 164 valence electrons. The molecule has 0 aromatic heterocycles. The first-order valence-corrected chi connectivity index (χ1v) is 11.1. The Balaban J connectivity index is 3.57. The summed E-state index contributed by atoms with van der Waals surface area (Å²) in [6.45, 7) is 2.24. The molecule has 6 nitrogen and oxygen atoms in total. The SMILES string of the molecule is CCCCCCCCCCCCCCCCCC(=O)C(O)(CC(=O)O)C(=O)O. The van der Waals surface area contributed by atoms with Gasteiger partial charge in [0.2, 0.25) is 5.60 Å². The summed E-state index contributed by atoms with van der Waals surface area (Å²) >= 11 is 0. The van der Waals surface area contributed by atoms with Crippen LogP contribution >= 0.6 is 0 Å². The molecule has 0 aliphatic rings. The van der Waals surface area contributed by atoms with E-state index in [1.807, 2.05) is 0 Å². The number of aliphatic carboxylic acids is 2. The molecule has 0 aromatic rings. The Bertz CT molecular complexity index is 448. The van der Waals surface area contributed by atoms with Gasteiger partial charge in [0.1, 0.15) is 0 Å². The van der Waals surface area contributed by atoms with Crippen LogP contribution in [0.2, 0.25) is 0 Å². The summed E-state index contributed by atoms with van der Waals surface area (Å²) in [5.74, 6) is -4.22. The lowest BCUT2D eigenvalue weighted by Crippen LogP contribution is -2.48. The minimum Gasteiger partial charge on any atom is -0.481 e. The summed E-state index contributed by atoms with van der Waals surface area (Å²) in [6.07, 6.45) is 16.5. The van der Waals surface area contributed by atoms with Gasteiger partial charge in [-0.3, -0.25) is 9.59 Å². The van der Waals surface area contributed by atoms with E-state index in [1.54, 1.807) is 0 Å². The third-order valence-electron chi connectivity index (χ3n) is 5.23. The number of unbranched alkanes of at least 4 members (excludes halogenated alkanes) is 14. The maximum absolute atomic E-state index is 11.9. The molecule has 0 saturated heterocycles. The maximum Gasteiger partial charge on any atom is 0.344 e. The Morgan fingerprint density at radius 1 is 0.643 bits per heavy atom. The van der Waals surface area contributed by atoms with Gasteiger partial charge in [-0.25, -0.2) is 4.79 Å². The number of carbonyl (C=O) groups is 3. The zero-order chi connectivity index (χ0) is 21.3. The van der Waals surface area contributed by atoms with Crippen LogP contribution in [-0.4, -0.2) is 38.6 Å². The monoisotopic (exact) mass is 400 g/mol. The topological polar surface area (TPSA) is 112 Å². The lowest BCUT2D eigenvalue weighted by atomic mass is 9.91. The van der Waals surface area contributed by atoms with Gasteiger partial charge >= 0.3 is 11.9 Å². The predicted molar refractivity (Wildman–Crippen MR) is 109 cm³/mol. The summed E-state index contributed by atoms with van der Waals surface area (Å²) in [5.41, 5.74) is -2.80. The molecule has 0 bridgehead atoms. The molecule has 0 radical (unpaired) electrons. The molecule has 0 rings (SSSR count). The fourth-order valence-electron chi connectivity index (χ4n) is 3.38. The number of rotatable bonds is 20. The van der Waals surface area contributed by atoms with E-state index in [1.165, 1.54) is 70.6 Å². The van der Waals surface area contributed by atoms with Crippen LogP contribution in [0.3, 0.4) is 0 Å². The molecule has 0 heterocycles. The standard InChI is InChI=1S/C22H40O6/c1-2-3-4-5-6-7-8-9-10-11-12-13-14-15-16-17-19(23)22(28,21(26)27)18-20(24)25/h28H,2-18H2,1H3,(H,24,25)(H,26,27). The van der Waals surface area contributed by atoms with E-state index in [0.29, 0.717) is 6.42 Å². The van der Waals surface area contributed by atoms with Gasteiger partial charge in [-0.1, -0.05) is 96.8 Å². The second kappa shape index (κ2) is 16.5. The third-order valence-corrected chi connectivity index (χ3v) is 5.23. The molecule has 0 fully saturated rings. The van der Waals surface area contributed by atoms with Crippen molar-refractivity contribution in [2.75, 3.05) is 0 Å². The molecular formula is C22H40O6. The van der Waals surface area contributed by atoms with E-state index in [2.05, 4.69) is 6.92 Å². The number of hydrogen-bond acceptors (Lipinski definition) is 4. The van der Waals surface area contributed by atoms with Crippen molar-refractivity contribution in [3.05, 3.63) is 0 Å². The van der Waals surface area contributed by atoms with Crippen molar-refractivity contribution in [2.24, 2.45) is 0 Å². The highest BCUT2D eigenvalue weighted by atomic mass is 16.4. The zero-order valence-electron chi connectivity index (χ0n) is 17.6. The molecule has 0 amide bonds. The van der Waals surface area contributed by atoms with Crippen molar-refractivity contribution in [2.45, 2.75) is 122 Å². The summed E-state index contributed by atoms with van der Waals surface area (Å²) in [6, 6.07) is 0. The van der Waals surface area contributed by atoms with E-state index in [4.69, 9.17) is 10.2 Å². The van der Waals surface area contributed by atoms with Crippen molar-refractivity contribution >= 4 is 17.7 Å². The number of carboxylic acid groups (broad SMARTS) is 2. The highest BCUT2D eigenvalue weighted by molar-refractivity contribution is 6.08. The van der Waals surface area contributed by atoms with Gasteiger partial charge in [-0.05, 0) is 6.42 Å². The second-order valence-electron chi connectivity index (χ2n) is 7.86. The summed E-state index contributed by atoms with van der Waals surface area (Å²) in [4.78, 5) is 33.6. The molecule has 28 heavy (non-hydrogen) atoms. The van der Waals surface area contributed by atoms with Gasteiger partial charge < -0.3 is 15.3 Å². The van der Waals surface area contributed by atoms with Crippen molar-refractivity contribution in [1.82, 2.24) is 0 Å². The molecule has 0 spiro atoms. The molecule has 0 aliphatic carbocycles. The van der Waals surface area contributed by atoms with Crippen molar-refractivity contribution in [3.63, 3.8) is 0 Å². The second-order valence-corrected chi connectivity index (χ2v) is 7.86. The van der Waals surface area contributed by atoms with Gasteiger partial charge in [0.05, 0.1) is 6.42 Å². The van der Waals surface area contributed by atoms with E-state index in [0.717, 1.165) is 19.3 Å². The molecular weight excluding hydrogens is 360 g/mol. The Morgan fingerprint density at radius 2 is 1.00 bits per heavy atom. The van der Waals surface area contributed by atoms with Crippen molar-refractivity contribution in [1.29, 1.82) is 0 Å². The Morgan fingerprint density at radius 3 is 1.32 bits per heavy atom. The Labute approximate surface area is 169 Å². The maximum atomic E-state index is 11.9. The predicted octanol–water partition coefficient (Wildman–Crippen LogP) is 5.11. The minimum absolute atomic E-state index is 0.103. The van der Waals surface area contributed by atoms with E-state index in [9.17, 15) is 19.5 Å². The molecule has 0 aliphatic heterocycles. The molecule has 0 aromatic carbocycles. The minimum atomic E-state index is -2.80. The normalized spacial score (nSPS) is 13.2. The van der Waals surface area contributed by atoms with Crippen LogP contribution in [-0.2, 0) is 14.4 Å². The van der Waals surface area contributed by atoms with Gasteiger partial charge in [0.15, 0.2) is 5.78 Å². The van der Waals surface area contributed by atoms with Crippen molar-refractivity contribution in [3.8, 4) is 0 Å². The van der Waals surface area contributed by atoms with Gasteiger partial charge in [-0.2, -0.15) is 0 Å². The average Bonchev–Trinajstić information content (AvgIpc) is 2.63. The fraction of sp³-hybridized carbons (Fsp3) is 0.864. The van der Waals surface area contributed by atoms with Crippen LogP contribution in [0.5, 0.6) is 0 Å². The number of Topliss-reactive ketones (excluding diaryl/α,β-unsaturated/α-hetero) is 1. The summed E-state index contributed by atoms with van der Waals surface area (Å²) in [7, 11) is 0. The van der Waals surface area contributed by atoms with Crippen LogP contribution < -0.4 is 0 Å². The Hall–Kier alpha value is -1.43. The molecule has 0 saturated carbocycles. The third kappa shape index (κ3) is 12.9. The largest absolute Gasteiger partial charge is 0.481 e. The number of hydrogen-bond donors (Lipinski definition) is 3. The average molecular weight is 401 g/mol. The molecule has 1 unspecified atom stereocenters. The van der Waals surface area contributed by atoms with Crippen LogP contribution in [0.25, 0.3) is 0 Å². The first kappa shape index (κ1) is 26.6. The van der Waals surface area contributed by atoms with Gasteiger partial charge in [0.25, 0.3) is 0 Å². The first-order chi connectivity index (χ1) is 13.3. The number of carbonyl (C=O) groups excluding carboxylic acids is 1. The Kier molecular flexibility index (Phi) is 15.7. The van der Waals surface area contributed by atoms with Crippen LogP contribution in [0.4, 0.5) is 0 Å². The molecule has 6 heteroatoms. The van der Waals surface area contributed by atoms with Gasteiger partial charge in [-0.15, -0.1) is 0 Å². The first-order valence-electron chi connectivity index (χ1n) is 11.1. The van der Waals surface area contributed by atoms with E-state index in [-0.39, 0.29) is 6.42 Å². The number of aliphatic hydroxyl groups is 1. The summed E-state index contributed by atoms with van der Waals surface area (Å²) in [5, 5.41) is 27.4. The van der Waals surface area contributed by atoms with E-state index < -0.39 is 29.7 Å². The van der Waals surface area contributed by atoms with E-state index >= 15 is 0 Å². The lowest BCUT2D eigenvalue weighted by molar-refractivity contribution is -0.171. The van der Waals surface area contributed by atoms with Crippen LogP contribution in [0.1, 0.15) is 116 Å². The molecule has 1 atom stereocenters. The molecule has 3 N–H and O–H groups in total. The lowest BCUT2D eigenvalue weighted by Gasteiger charge is -2.19. The van der Waals surface area contributed by atoms with Crippen LogP contribution in [0, 0.1) is 0 Å². The number of carboxylic acids is 2.